The third-order valence-corrected chi connectivity index (χ3v) is 4.72. The Kier molecular flexibility index (Phi) is 5.20. The molecule has 1 aliphatic rings. The van der Waals surface area contributed by atoms with Gasteiger partial charge in [0, 0.05) is 30.7 Å². The van der Waals surface area contributed by atoms with Gasteiger partial charge >= 0.3 is 5.97 Å². The van der Waals surface area contributed by atoms with E-state index in [9.17, 15) is 4.79 Å². The molecule has 0 spiro atoms. The van der Waals surface area contributed by atoms with Gasteiger partial charge in [0.2, 0.25) is 0 Å². The first-order valence-electron chi connectivity index (χ1n) is 8.58. The molecule has 1 unspecified atom stereocenters. The van der Waals surface area contributed by atoms with Crippen LogP contribution in [0.15, 0.2) is 24.3 Å². The molecule has 1 fully saturated rings. The van der Waals surface area contributed by atoms with Crippen molar-refractivity contribution in [3.8, 4) is 0 Å². The van der Waals surface area contributed by atoms with E-state index in [0.29, 0.717) is 13.2 Å². The number of para-hydroxylation sites is 1. The number of hydrogen-bond acceptors (Lipinski definition) is 5. The maximum Gasteiger partial charge on any atom is 0.317 e. The number of pyridine rings is 1. The van der Waals surface area contributed by atoms with Crippen molar-refractivity contribution >= 4 is 22.6 Å². The first kappa shape index (κ1) is 17.6. The van der Waals surface area contributed by atoms with Crippen LogP contribution in [0.5, 0.6) is 0 Å². The van der Waals surface area contributed by atoms with Crippen molar-refractivity contribution < 1.29 is 14.6 Å². The number of nitrogens with zero attached hydrogens (tertiary/aromatic N) is 3. The van der Waals surface area contributed by atoms with E-state index in [1.807, 2.05) is 32.2 Å². The summed E-state index contributed by atoms with van der Waals surface area (Å²) in [6.07, 6.45) is -0.00951. The molecule has 1 aliphatic heterocycles. The first-order valence-corrected chi connectivity index (χ1v) is 8.58. The smallest absolute Gasteiger partial charge is 0.317 e. The van der Waals surface area contributed by atoms with Crippen LogP contribution in [0.25, 0.3) is 10.9 Å². The number of carbonyl (C=O) groups is 1. The summed E-state index contributed by atoms with van der Waals surface area (Å²) in [6.45, 7) is 7.00. The fourth-order valence-corrected chi connectivity index (χ4v) is 3.49. The van der Waals surface area contributed by atoms with Gasteiger partial charge in [-0.3, -0.25) is 14.7 Å². The SMILES string of the molecule is Cc1nc2ccccc2c(N2CCOC(CN(C)CC(=O)O)C2)c1C. The number of aryl methyl sites for hydroxylation is 1. The molecule has 1 saturated heterocycles. The minimum absolute atomic E-state index is 0.00951. The lowest BCUT2D eigenvalue weighted by Crippen LogP contribution is -2.48. The predicted octanol–water partition coefficient (Wildman–Crippen LogP) is 2.07. The molecule has 2 aromatic rings. The van der Waals surface area contributed by atoms with E-state index >= 15 is 0 Å². The molecule has 2 heterocycles. The van der Waals surface area contributed by atoms with Crippen molar-refractivity contribution in [2.75, 3.05) is 44.7 Å². The lowest BCUT2D eigenvalue weighted by atomic mass is 10.0. The quantitative estimate of drug-likeness (QED) is 0.897. The van der Waals surface area contributed by atoms with Gasteiger partial charge in [-0.25, -0.2) is 0 Å². The molecule has 0 aliphatic carbocycles. The van der Waals surface area contributed by atoms with Crippen molar-refractivity contribution in [3.63, 3.8) is 0 Å². The number of rotatable bonds is 5. The van der Waals surface area contributed by atoms with Gasteiger partial charge in [0.15, 0.2) is 0 Å². The summed E-state index contributed by atoms with van der Waals surface area (Å²) < 4.78 is 5.87. The zero-order valence-electron chi connectivity index (χ0n) is 15.0. The third kappa shape index (κ3) is 3.91. The molecule has 0 amide bonds. The van der Waals surface area contributed by atoms with Gasteiger partial charge in [0.25, 0.3) is 0 Å². The van der Waals surface area contributed by atoms with Gasteiger partial charge in [-0.1, -0.05) is 18.2 Å². The minimum Gasteiger partial charge on any atom is -0.480 e. The van der Waals surface area contributed by atoms with E-state index in [1.54, 1.807) is 4.90 Å². The number of benzene rings is 1. The molecule has 1 aromatic heterocycles. The summed E-state index contributed by atoms with van der Waals surface area (Å²) in [5.41, 5.74) is 4.46. The molecular weight excluding hydrogens is 318 g/mol. The Hall–Kier alpha value is -2.18. The van der Waals surface area contributed by atoms with Crippen LogP contribution < -0.4 is 4.90 Å². The summed E-state index contributed by atoms with van der Waals surface area (Å²) >= 11 is 0. The lowest BCUT2D eigenvalue weighted by Gasteiger charge is -2.37. The van der Waals surface area contributed by atoms with Crippen LogP contribution in [0.3, 0.4) is 0 Å². The molecule has 0 bridgehead atoms. The molecule has 1 N–H and O–H groups in total. The lowest BCUT2D eigenvalue weighted by molar-refractivity contribution is -0.138. The van der Waals surface area contributed by atoms with Gasteiger partial charge in [0.05, 0.1) is 30.5 Å². The monoisotopic (exact) mass is 343 g/mol. The van der Waals surface area contributed by atoms with E-state index in [2.05, 4.69) is 17.9 Å². The minimum atomic E-state index is -0.818. The number of morpholine rings is 1. The second-order valence-corrected chi connectivity index (χ2v) is 6.72. The molecule has 3 rings (SSSR count). The Morgan fingerprint density at radius 3 is 2.92 bits per heavy atom. The second-order valence-electron chi connectivity index (χ2n) is 6.72. The summed E-state index contributed by atoms with van der Waals surface area (Å²) in [7, 11) is 1.81. The van der Waals surface area contributed by atoms with Crippen LogP contribution in [-0.4, -0.2) is 66.9 Å². The number of aliphatic carboxylic acids is 1. The molecule has 6 nitrogen and oxygen atoms in total. The van der Waals surface area contributed by atoms with Crippen molar-refractivity contribution in [1.29, 1.82) is 0 Å². The number of ether oxygens (including phenoxy) is 1. The Labute approximate surface area is 148 Å². The highest BCUT2D eigenvalue weighted by molar-refractivity contribution is 5.93. The van der Waals surface area contributed by atoms with Crippen LogP contribution in [-0.2, 0) is 9.53 Å². The largest absolute Gasteiger partial charge is 0.480 e. The Bertz CT molecular complexity index is 778. The number of carboxylic acids is 1. The van der Waals surface area contributed by atoms with E-state index in [-0.39, 0.29) is 12.6 Å². The van der Waals surface area contributed by atoms with E-state index in [1.165, 1.54) is 11.3 Å². The van der Waals surface area contributed by atoms with Crippen LogP contribution in [0.2, 0.25) is 0 Å². The highest BCUT2D eigenvalue weighted by atomic mass is 16.5. The zero-order chi connectivity index (χ0) is 18.0. The van der Waals surface area contributed by atoms with Gasteiger partial charge < -0.3 is 14.7 Å². The van der Waals surface area contributed by atoms with E-state index in [4.69, 9.17) is 14.8 Å². The molecule has 1 atom stereocenters. The predicted molar refractivity (Wildman–Crippen MR) is 98.3 cm³/mol. The maximum atomic E-state index is 10.9. The van der Waals surface area contributed by atoms with E-state index in [0.717, 1.165) is 29.7 Å². The molecule has 25 heavy (non-hydrogen) atoms. The number of fused-ring (bicyclic) bond motifs is 1. The van der Waals surface area contributed by atoms with Gasteiger partial charge in [0.1, 0.15) is 0 Å². The number of hydrogen-bond donors (Lipinski definition) is 1. The fourth-order valence-electron chi connectivity index (χ4n) is 3.49. The number of likely N-dealkylation sites (N-methyl/N-ethyl adjacent to an activating group) is 1. The van der Waals surface area contributed by atoms with Crippen molar-refractivity contribution in [3.05, 3.63) is 35.5 Å². The van der Waals surface area contributed by atoms with Gasteiger partial charge in [-0.2, -0.15) is 0 Å². The fraction of sp³-hybridized carbons (Fsp3) is 0.474. The van der Waals surface area contributed by atoms with Gasteiger partial charge in [-0.15, -0.1) is 0 Å². The summed E-state index contributed by atoms with van der Waals surface area (Å²) in [6, 6.07) is 8.21. The second kappa shape index (κ2) is 7.37. The van der Waals surface area contributed by atoms with Crippen molar-refractivity contribution in [2.24, 2.45) is 0 Å². The molecule has 6 heteroatoms. The highest BCUT2D eigenvalue weighted by Gasteiger charge is 2.25. The van der Waals surface area contributed by atoms with Crippen LogP contribution in [0.4, 0.5) is 5.69 Å². The highest BCUT2D eigenvalue weighted by Crippen LogP contribution is 2.32. The van der Waals surface area contributed by atoms with Crippen molar-refractivity contribution in [2.45, 2.75) is 20.0 Å². The number of aromatic nitrogens is 1. The van der Waals surface area contributed by atoms with Crippen LogP contribution in [0.1, 0.15) is 11.3 Å². The third-order valence-electron chi connectivity index (χ3n) is 4.72. The standard InChI is InChI=1S/C19H25N3O3/c1-13-14(2)20-17-7-5-4-6-16(17)19(13)22-8-9-25-15(11-22)10-21(3)12-18(23)24/h4-7,15H,8-12H2,1-3H3,(H,23,24). The van der Waals surface area contributed by atoms with Gasteiger partial charge in [-0.05, 0) is 32.5 Å². The number of carboxylic acid groups (broad SMARTS) is 1. The molecule has 134 valence electrons. The van der Waals surface area contributed by atoms with E-state index < -0.39 is 5.97 Å². The van der Waals surface area contributed by atoms with Crippen LogP contribution in [0, 0.1) is 13.8 Å². The normalized spacial score (nSPS) is 18.1. The maximum absolute atomic E-state index is 10.9. The molecule has 0 saturated carbocycles. The molecular formula is C19H25N3O3. The zero-order valence-corrected chi connectivity index (χ0v) is 15.0. The topological polar surface area (TPSA) is 65.9 Å². The molecule has 1 aromatic carbocycles. The number of anilines is 1. The average Bonchev–Trinajstić information content (AvgIpc) is 2.55. The Morgan fingerprint density at radius 1 is 1.40 bits per heavy atom. The average molecular weight is 343 g/mol. The van der Waals surface area contributed by atoms with Crippen molar-refractivity contribution in [1.82, 2.24) is 9.88 Å². The summed E-state index contributed by atoms with van der Waals surface area (Å²) in [5, 5.41) is 10.1. The summed E-state index contributed by atoms with van der Waals surface area (Å²) in [4.78, 5) is 19.7. The van der Waals surface area contributed by atoms with Crippen LogP contribution >= 0.6 is 0 Å². The first-order chi connectivity index (χ1) is 12.0. The Morgan fingerprint density at radius 2 is 2.16 bits per heavy atom. The molecule has 0 radical (unpaired) electrons. The summed E-state index contributed by atoms with van der Waals surface area (Å²) in [5.74, 6) is -0.818. The Balaban J connectivity index is 1.85.